The van der Waals surface area contributed by atoms with Gasteiger partial charge >= 0.3 is 0 Å². The molecule has 1 aromatic rings. The van der Waals surface area contributed by atoms with Crippen molar-refractivity contribution >= 4 is 28.2 Å². The van der Waals surface area contributed by atoms with Crippen molar-refractivity contribution in [2.24, 2.45) is 5.92 Å². The topological polar surface area (TPSA) is 89.3 Å². The molecule has 0 saturated carbocycles. The molecule has 106 valence electrons. The predicted molar refractivity (Wildman–Crippen MR) is 76.5 cm³/mol. The summed E-state index contributed by atoms with van der Waals surface area (Å²) in [7, 11) is 1.75. The minimum atomic E-state index is -0.154. The number of thiazole rings is 1. The molecule has 2 rings (SSSR count). The van der Waals surface area contributed by atoms with Crippen molar-refractivity contribution in [3.63, 3.8) is 0 Å². The molecule has 1 amide bonds. The summed E-state index contributed by atoms with van der Waals surface area (Å²) < 4.78 is 5.60. The van der Waals surface area contributed by atoms with E-state index < -0.39 is 0 Å². The first-order chi connectivity index (χ1) is 9.15. The fraction of sp³-hybridized carbons (Fsp3) is 0.667. The molecule has 1 aliphatic rings. The van der Waals surface area contributed by atoms with E-state index in [1.54, 1.807) is 7.05 Å². The van der Waals surface area contributed by atoms with Crippen molar-refractivity contribution in [2.75, 3.05) is 31.2 Å². The summed E-state index contributed by atoms with van der Waals surface area (Å²) in [5.74, 6) is 0.520. The number of anilines is 2. The average Bonchev–Trinajstić information content (AvgIpc) is 3.01. The quantitative estimate of drug-likeness (QED) is 0.758. The van der Waals surface area contributed by atoms with Crippen molar-refractivity contribution in [3.05, 3.63) is 4.88 Å². The number of nitrogens with one attached hydrogen (secondary N) is 2. The fourth-order valence-electron chi connectivity index (χ4n) is 2.28. The number of carbonyl (C=O) groups excluding carboxylic acids is 1. The second kappa shape index (κ2) is 6.21. The van der Waals surface area contributed by atoms with Crippen molar-refractivity contribution in [3.8, 4) is 0 Å². The molecule has 0 spiro atoms. The van der Waals surface area contributed by atoms with E-state index in [1.807, 2.05) is 0 Å². The lowest BCUT2D eigenvalue weighted by Gasteiger charge is -2.16. The maximum Gasteiger partial charge on any atom is 0.265 e. The maximum atomic E-state index is 12.1. The minimum absolute atomic E-state index is 0.154. The van der Waals surface area contributed by atoms with Crippen LogP contribution >= 0.6 is 11.3 Å². The first kappa shape index (κ1) is 14.1. The van der Waals surface area contributed by atoms with Gasteiger partial charge in [-0.05, 0) is 12.8 Å². The molecule has 19 heavy (non-hydrogen) atoms. The van der Waals surface area contributed by atoms with Crippen LogP contribution in [0.15, 0.2) is 0 Å². The molecule has 4 N–H and O–H groups in total. The van der Waals surface area contributed by atoms with E-state index in [1.165, 1.54) is 11.3 Å². The van der Waals surface area contributed by atoms with Gasteiger partial charge < -0.3 is 21.1 Å². The molecular weight excluding hydrogens is 264 g/mol. The standard InChI is InChI=1S/C12H20N4O2S/c1-3-8-7(4-5-18-8)6-15-11(17)9-10(13)16-12(14-2)19-9/h7-8H,3-6,13H2,1-2H3,(H,14,16)(H,15,17). The Labute approximate surface area is 116 Å². The largest absolute Gasteiger partial charge is 0.382 e. The number of hydrogen-bond donors (Lipinski definition) is 3. The van der Waals surface area contributed by atoms with Crippen LogP contribution in [0.25, 0.3) is 0 Å². The van der Waals surface area contributed by atoms with Crippen molar-refractivity contribution < 1.29 is 9.53 Å². The summed E-state index contributed by atoms with van der Waals surface area (Å²) in [6.07, 6.45) is 2.23. The zero-order valence-corrected chi connectivity index (χ0v) is 12.0. The molecule has 6 nitrogen and oxygen atoms in total. The summed E-state index contributed by atoms with van der Waals surface area (Å²) in [6.45, 7) is 3.51. The fourth-order valence-corrected chi connectivity index (χ4v) is 3.04. The van der Waals surface area contributed by atoms with Gasteiger partial charge in [0.25, 0.3) is 5.91 Å². The van der Waals surface area contributed by atoms with Crippen LogP contribution in [0.3, 0.4) is 0 Å². The Kier molecular flexibility index (Phi) is 4.60. The highest BCUT2D eigenvalue weighted by atomic mass is 32.1. The third kappa shape index (κ3) is 3.16. The normalized spacial score (nSPS) is 22.4. The predicted octanol–water partition coefficient (Wildman–Crippen LogP) is 1.31. The average molecular weight is 284 g/mol. The maximum absolute atomic E-state index is 12.1. The summed E-state index contributed by atoms with van der Waals surface area (Å²) >= 11 is 1.27. The smallest absolute Gasteiger partial charge is 0.265 e. The summed E-state index contributed by atoms with van der Waals surface area (Å²) in [4.78, 5) is 16.6. The van der Waals surface area contributed by atoms with E-state index in [4.69, 9.17) is 10.5 Å². The molecule has 1 aromatic heterocycles. The molecule has 1 saturated heterocycles. The van der Waals surface area contributed by atoms with Gasteiger partial charge in [0.15, 0.2) is 5.13 Å². The first-order valence-electron chi connectivity index (χ1n) is 6.49. The third-order valence-electron chi connectivity index (χ3n) is 3.35. The van der Waals surface area contributed by atoms with Crippen LogP contribution in [0.2, 0.25) is 0 Å². The Balaban J connectivity index is 1.92. The van der Waals surface area contributed by atoms with Crippen LogP contribution in [-0.4, -0.2) is 37.2 Å². The monoisotopic (exact) mass is 284 g/mol. The van der Waals surface area contributed by atoms with Crippen LogP contribution < -0.4 is 16.4 Å². The lowest BCUT2D eigenvalue weighted by Crippen LogP contribution is -2.32. The zero-order chi connectivity index (χ0) is 13.8. The number of ether oxygens (including phenoxy) is 1. The molecule has 2 atom stereocenters. The molecule has 7 heteroatoms. The van der Waals surface area contributed by atoms with Crippen molar-refractivity contribution in [1.82, 2.24) is 10.3 Å². The van der Waals surface area contributed by atoms with Crippen LogP contribution in [-0.2, 0) is 4.74 Å². The number of nitrogens with two attached hydrogens (primary N) is 1. The highest BCUT2D eigenvalue weighted by Crippen LogP contribution is 2.25. The van der Waals surface area contributed by atoms with E-state index in [0.717, 1.165) is 19.4 Å². The summed E-state index contributed by atoms with van der Waals surface area (Å²) in [5, 5.41) is 6.46. The van der Waals surface area contributed by atoms with Crippen LogP contribution in [0.5, 0.6) is 0 Å². The third-order valence-corrected chi connectivity index (χ3v) is 4.43. The van der Waals surface area contributed by atoms with E-state index in [9.17, 15) is 4.79 Å². The molecule has 0 aromatic carbocycles. The molecule has 2 unspecified atom stereocenters. The van der Waals surface area contributed by atoms with Gasteiger partial charge in [0.05, 0.1) is 6.10 Å². The first-order valence-corrected chi connectivity index (χ1v) is 7.31. The van der Waals surface area contributed by atoms with Gasteiger partial charge in [0.1, 0.15) is 10.7 Å². The number of carbonyl (C=O) groups is 1. The lowest BCUT2D eigenvalue weighted by molar-refractivity contribution is 0.0828. The van der Waals surface area contributed by atoms with Gasteiger partial charge in [-0.2, -0.15) is 0 Å². The van der Waals surface area contributed by atoms with Crippen molar-refractivity contribution in [1.29, 1.82) is 0 Å². The molecule has 1 aliphatic heterocycles. The molecule has 1 fully saturated rings. The molecule has 0 aliphatic carbocycles. The highest BCUT2D eigenvalue weighted by Gasteiger charge is 2.27. The van der Waals surface area contributed by atoms with Gasteiger partial charge in [0.2, 0.25) is 0 Å². The highest BCUT2D eigenvalue weighted by molar-refractivity contribution is 7.18. The van der Waals surface area contributed by atoms with Gasteiger partial charge in [0, 0.05) is 26.1 Å². The molecule has 0 bridgehead atoms. The number of rotatable bonds is 5. The number of nitrogen functional groups attached to an aromatic ring is 1. The van der Waals surface area contributed by atoms with Gasteiger partial charge in [-0.3, -0.25) is 4.79 Å². The molecule has 0 radical (unpaired) electrons. The van der Waals surface area contributed by atoms with Crippen LogP contribution in [0, 0.1) is 5.92 Å². The second-order valence-corrected chi connectivity index (χ2v) is 5.56. The van der Waals surface area contributed by atoms with Crippen LogP contribution in [0.4, 0.5) is 10.9 Å². The van der Waals surface area contributed by atoms with Crippen molar-refractivity contribution in [2.45, 2.75) is 25.9 Å². The molecular formula is C12H20N4O2S. The summed E-state index contributed by atoms with van der Waals surface area (Å²) in [5.41, 5.74) is 5.73. The Morgan fingerprint density at radius 2 is 2.42 bits per heavy atom. The van der Waals surface area contributed by atoms with E-state index >= 15 is 0 Å². The lowest BCUT2D eigenvalue weighted by atomic mass is 10.00. The molecule has 2 heterocycles. The van der Waals surface area contributed by atoms with E-state index in [2.05, 4.69) is 22.5 Å². The zero-order valence-electron chi connectivity index (χ0n) is 11.2. The number of aromatic nitrogens is 1. The number of hydrogen-bond acceptors (Lipinski definition) is 6. The van der Waals surface area contributed by atoms with E-state index in [-0.39, 0.29) is 17.8 Å². The van der Waals surface area contributed by atoms with E-state index in [0.29, 0.717) is 22.5 Å². The minimum Gasteiger partial charge on any atom is -0.382 e. The summed E-state index contributed by atoms with van der Waals surface area (Å²) in [6, 6.07) is 0. The number of amides is 1. The Morgan fingerprint density at radius 3 is 3.05 bits per heavy atom. The number of nitrogens with zero attached hydrogens (tertiary/aromatic N) is 1. The Bertz CT molecular complexity index is 449. The Hall–Kier alpha value is -1.34. The SMILES string of the molecule is CCC1OCCC1CNC(=O)c1sc(NC)nc1N. The Morgan fingerprint density at radius 1 is 1.63 bits per heavy atom. The second-order valence-electron chi connectivity index (χ2n) is 4.56. The van der Waals surface area contributed by atoms with Gasteiger partial charge in [-0.1, -0.05) is 18.3 Å². The van der Waals surface area contributed by atoms with Gasteiger partial charge in [-0.25, -0.2) is 4.98 Å². The van der Waals surface area contributed by atoms with Gasteiger partial charge in [-0.15, -0.1) is 0 Å². The van der Waals surface area contributed by atoms with Crippen LogP contribution in [0.1, 0.15) is 29.4 Å².